The maximum Gasteiger partial charge on any atom is 0.173 e. The van der Waals surface area contributed by atoms with Crippen molar-refractivity contribution in [3.63, 3.8) is 0 Å². The molecule has 0 spiro atoms. The average Bonchev–Trinajstić information content (AvgIpc) is 2.61. The second-order valence-corrected chi connectivity index (χ2v) is 3.31. The highest BCUT2D eigenvalue weighted by Crippen LogP contribution is 2.29. The van der Waals surface area contributed by atoms with Crippen LogP contribution in [-0.2, 0) is 11.5 Å². The molecule has 0 aliphatic carbocycles. The third-order valence-electron chi connectivity index (χ3n) is 2.21. The number of hydrogen-bond donors (Lipinski definition) is 0. The third-order valence-corrected chi connectivity index (χ3v) is 2.21. The fourth-order valence-electron chi connectivity index (χ4n) is 1.52. The Morgan fingerprint density at radius 2 is 2.21 bits per heavy atom. The smallest absolute Gasteiger partial charge is 0.173 e. The fraction of sp³-hybridized carbons (Fsp3) is 0.200. The molecule has 0 fully saturated rings. The monoisotopic (exact) mass is 188 g/mol. The summed E-state index contributed by atoms with van der Waals surface area (Å²) in [4.78, 5) is 18.5. The normalized spacial score (nSPS) is 14.1. The van der Waals surface area contributed by atoms with Gasteiger partial charge in [-0.3, -0.25) is 4.98 Å². The molecule has 0 amide bonds. The van der Waals surface area contributed by atoms with Crippen molar-refractivity contribution in [2.24, 2.45) is 0 Å². The van der Waals surface area contributed by atoms with Gasteiger partial charge >= 0.3 is 0 Å². The van der Waals surface area contributed by atoms with Crippen LogP contribution in [0.3, 0.4) is 0 Å². The van der Waals surface area contributed by atoms with Crippen molar-refractivity contribution in [2.45, 2.75) is 13.5 Å². The minimum absolute atomic E-state index is 0.487. The Hall–Kier alpha value is -1.68. The molecule has 0 atom stereocenters. The van der Waals surface area contributed by atoms with E-state index in [0.717, 1.165) is 28.0 Å². The van der Waals surface area contributed by atoms with Crippen LogP contribution in [0, 0.1) is 6.92 Å². The number of benzene rings is 1. The van der Waals surface area contributed by atoms with E-state index in [9.17, 15) is 0 Å². The van der Waals surface area contributed by atoms with Crippen LogP contribution in [0.2, 0.25) is 0 Å². The molecule has 0 N–H and O–H groups in total. The van der Waals surface area contributed by atoms with Crippen LogP contribution in [0.15, 0.2) is 18.3 Å². The van der Waals surface area contributed by atoms with Crippen molar-refractivity contribution in [3.05, 3.63) is 29.6 Å². The Morgan fingerprint density at radius 1 is 1.29 bits per heavy atom. The van der Waals surface area contributed by atoms with Gasteiger partial charge in [0.1, 0.15) is 6.61 Å². The Morgan fingerprint density at radius 3 is 3.14 bits per heavy atom. The number of aryl methyl sites for hydroxylation is 1. The predicted octanol–water partition coefficient (Wildman–Crippen LogP) is 1.76. The van der Waals surface area contributed by atoms with Gasteiger partial charge in [-0.05, 0) is 13.0 Å². The molecule has 4 heteroatoms. The Labute approximate surface area is 80.4 Å². The first-order valence-corrected chi connectivity index (χ1v) is 4.39. The molecule has 0 radical (unpaired) electrons. The van der Waals surface area contributed by atoms with Gasteiger partial charge in [0.25, 0.3) is 0 Å². The number of fused-ring (bicyclic) bond motifs is 2. The molecular weight excluding hydrogens is 180 g/mol. The lowest BCUT2D eigenvalue weighted by Gasteiger charge is -1.99. The lowest BCUT2D eigenvalue weighted by atomic mass is 10.2. The highest BCUT2D eigenvalue weighted by molar-refractivity contribution is 5.77. The largest absolute Gasteiger partial charge is 0.337 e. The van der Waals surface area contributed by atoms with Crippen LogP contribution in [0.4, 0.5) is 0 Å². The summed E-state index contributed by atoms with van der Waals surface area (Å²) < 4.78 is 0. The molecule has 3 rings (SSSR count). The minimum Gasteiger partial charge on any atom is -0.337 e. The van der Waals surface area contributed by atoms with Crippen molar-refractivity contribution < 1.29 is 9.78 Å². The van der Waals surface area contributed by atoms with E-state index in [4.69, 9.17) is 9.78 Å². The van der Waals surface area contributed by atoms with Gasteiger partial charge in [0, 0.05) is 17.8 Å². The molecule has 4 nitrogen and oxygen atoms in total. The summed E-state index contributed by atoms with van der Waals surface area (Å²) in [5, 5.41) is 0. The molecule has 0 saturated carbocycles. The zero-order chi connectivity index (χ0) is 9.54. The molecule has 1 aromatic heterocycles. The molecule has 2 aromatic rings. The van der Waals surface area contributed by atoms with Gasteiger partial charge in [-0.25, -0.2) is 4.98 Å². The first-order chi connectivity index (χ1) is 6.83. The van der Waals surface area contributed by atoms with E-state index in [1.165, 1.54) is 0 Å². The summed E-state index contributed by atoms with van der Waals surface area (Å²) in [6, 6.07) is 3.81. The first kappa shape index (κ1) is 7.70. The summed E-state index contributed by atoms with van der Waals surface area (Å²) in [5.41, 5.74) is 3.66. The van der Waals surface area contributed by atoms with Gasteiger partial charge in [-0.2, -0.15) is 4.89 Å². The van der Waals surface area contributed by atoms with E-state index in [1.54, 1.807) is 6.20 Å². The SMILES string of the molecule is Cc1cnc2cc3c(cc2n1)COO3. The second-order valence-electron chi connectivity index (χ2n) is 3.31. The summed E-state index contributed by atoms with van der Waals surface area (Å²) in [6.45, 7) is 2.41. The van der Waals surface area contributed by atoms with Crippen LogP contribution in [0.25, 0.3) is 11.0 Å². The molecule has 1 aromatic carbocycles. The summed E-state index contributed by atoms with van der Waals surface area (Å²) >= 11 is 0. The minimum atomic E-state index is 0.487. The molecule has 1 aliphatic rings. The maximum atomic E-state index is 4.97. The topological polar surface area (TPSA) is 44.2 Å². The van der Waals surface area contributed by atoms with Crippen molar-refractivity contribution in [2.75, 3.05) is 0 Å². The molecule has 0 bridgehead atoms. The Balaban J connectivity index is 2.33. The molecule has 14 heavy (non-hydrogen) atoms. The number of aromatic nitrogens is 2. The van der Waals surface area contributed by atoms with Crippen molar-refractivity contribution in [1.82, 2.24) is 9.97 Å². The van der Waals surface area contributed by atoms with E-state index < -0.39 is 0 Å². The fourth-order valence-corrected chi connectivity index (χ4v) is 1.52. The average molecular weight is 188 g/mol. The molecule has 1 aliphatic heterocycles. The van der Waals surface area contributed by atoms with Gasteiger partial charge in [0.2, 0.25) is 0 Å². The predicted molar refractivity (Wildman–Crippen MR) is 49.7 cm³/mol. The lowest BCUT2D eigenvalue weighted by Crippen LogP contribution is -1.88. The van der Waals surface area contributed by atoms with Gasteiger partial charge in [-0.1, -0.05) is 0 Å². The molecule has 0 unspecified atom stereocenters. The molecule has 2 heterocycles. The van der Waals surface area contributed by atoms with E-state index in [2.05, 4.69) is 9.97 Å². The van der Waals surface area contributed by atoms with Gasteiger partial charge < -0.3 is 4.89 Å². The quantitative estimate of drug-likeness (QED) is 0.591. The van der Waals surface area contributed by atoms with Gasteiger partial charge in [-0.15, -0.1) is 0 Å². The second kappa shape index (κ2) is 2.65. The molecular formula is C10H8N2O2. The zero-order valence-corrected chi connectivity index (χ0v) is 7.65. The maximum absolute atomic E-state index is 4.97. The molecule has 0 saturated heterocycles. The van der Waals surface area contributed by atoms with Crippen LogP contribution in [-0.4, -0.2) is 9.97 Å². The highest BCUT2D eigenvalue weighted by atomic mass is 17.2. The third kappa shape index (κ3) is 1.04. The Bertz CT molecular complexity index is 511. The number of rotatable bonds is 0. The van der Waals surface area contributed by atoms with Gasteiger partial charge in [0.05, 0.1) is 16.7 Å². The number of nitrogens with zero attached hydrogens (tertiary/aromatic N) is 2. The standard InChI is InChI=1S/C10H8N2O2/c1-6-4-11-8-3-10-7(5-13-14-10)2-9(8)12-6/h2-4H,5H2,1H3. The molecule has 70 valence electrons. The first-order valence-electron chi connectivity index (χ1n) is 4.39. The van der Waals surface area contributed by atoms with E-state index in [-0.39, 0.29) is 0 Å². The zero-order valence-electron chi connectivity index (χ0n) is 7.65. The van der Waals surface area contributed by atoms with Crippen LogP contribution in [0.1, 0.15) is 11.3 Å². The Kier molecular flexibility index (Phi) is 1.46. The van der Waals surface area contributed by atoms with E-state index in [1.807, 2.05) is 19.1 Å². The van der Waals surface area contributed by atoms with Crippen molar-refractivity contribution in [1.29, 1.82) is 0 Å². The summed E-state index contributed by atoms with van der Waals surface area (Å²) in [7, 11) is 0. The highest BCUT2D eigenvalue weighted by Gasteiger charge is 2.15. The van der Waals surface area contributed by atoms with E-state index >= 15 is 0 Å². The lowest BCUT2D eigenvalue weighted by molar-refractivity contribution is -0.194. The summed E-state index contributed by atoms with van der Waals surface area (Å²) in [5.74, 6) is 0.746. The van der Waals surface area contributed by atoms with Crippen molar-refractivity contribution in [3.8, 4) is 5.75 Å². The van der Waals surface area contributed by atoms with E-state index in [0.29, 0.717) is 6.61 Å². The summed E-state index contributed by atoms with van der Waals surface area (Å²) in [6.07, 6.45) is 1.74. The van der Waals surface area contributed by atoms with Crippen LogP contribution in [0.5, 0.6) is 5.75 Å². The van der Waals surface area contributed by atoms with Crippen molar-refractivity contribution >= 4 is 11.0 Å². The number of hydrogen-bond acceptors (Lipinski definition) is 4. The van der Waals surface area contributed by atoms with Crippen LogP contribution >= 0.6 is 0 Å². The van der Waals surface area contributed by atoms with Gasteiger partial charge in [0.15, 0.2) is 5.75 Å². The van der Waals surface area contributed by atoms with Crippen LogP contribution < -0.4 is 4.89 Å².